The number of halogens is 1. The average molecular weight is 258 g/mol. The van der Waals surface area contributed by atoms with Gasteiger partial charge in [0.2, 0.25) is 5.95 Å². The number of rotatable bonds is 3. The fourth-order valence-electron chi connectivity index (χ4n) is 1.54. The fraction of sp³-hybridized carbons (Fsp3) is 0.0833. The van der Waals surface area contributed by atoms with E-state index >= 15 is 0 Å². The van der Waals surface area contributed by atoms with Crippen LogP contribution in [0.25, 0.3) is 0 Å². The lowest BCUT2D eigenvalue weighted by Crippen LogP contribution is -2.04. The van der Waals surface area contributed by atoms with E-state index in [0.717, 1.165) is 0 Å². The topological polar surface area (TPSA) is 99.6 Å². The largest absolute Gasteiger partial charge is 0.373 e. The summed E-state index contributed by atoms with van der Waals surface area (Å²) in [5.74, 6) is 0.372. The van der Waals surface area contributed by atoms with Crippen LogP contribution in [0.15, 0.2) is 24.3 Å². The maximum atomic E-state index is 13.4. The number of anilines is 4. The molecular weight excluding hydrogens is 247 g/mol. The van der Waals surface area contributed by atoms with E-state index in [1.54, 1.807) is 25.2 Å². The maximum absolute atomic E-state index is 13.4. The van der Waals surface area contributed by atoms with Gasteiger partial charge in [-0.05, 0) is 12.1 Å². The Morgan fingerprint density at radius 2 is 2.05 bits per heavy atom. The van der Waals surface area contributed by atoms with Crippen molar-refractivity contribution < 1.29 is 4.39 Å². The summed E-state index contributed by atoms with van der Waals surface area (Å²) in [5.41, 5.74) is 5.79. The predicted octanol–water partition coefficient (Wildman–Crippen LogP) is 1.85. The van der Waals surface area contributed by atoms with Crippen molar-refractivity contribution in [3.8, 4) is 6.07 Å². The molecule has 0 radical (unpaired) electrons. The van der Waals surface area contributed by atoms with Gasteiger partial charge >= 0.3 is 0 Å². The number of hydrogen-bond acceptors (Lipinski definition) is 6. The zero-order valence-corrected chi connectivity index (χ0v) is 10.1. The molecule has 4 N–H and O–H groups in total. The van der Waals surface area contributed by atoms with E-state index in [1.165, 1.54) is 12.1 Å². The van der Waals surface area contributed by atoms with Gasteiger partial charge in [-0.25, -0.2) is 4.39 Å². The number of nitriles is 1. The normalized spacial score (nSPS) is 9.74. The summed E-state index contributed by atoms with van der Waals surface area (Å²) in [6.45, 7) is 0. The maximum Gasteiger partial charge on any atom is 0.223 e. The molecule has 19 heavy (non-hydrogen) atoms. The molecule has 0 spiro atoms. The van der Waals surface area contributed by atoms with Crippen LogP contribution in [0.3, 0.4) is 0 Å². The highest BCUT2D eigenvalue weighted by Gasteiger charge is 2.09. The Balaban J connectivity index is 2.39. The standard InChI is InChI=1S/C12H11FN6/c1-16-10-5-11(19-12(15)18-10)17-9-4-2-3-8(13)7(9)6-14/h2-5H,1H3,(H4,15,16,17,18,19). The highest BCUT2D eigenvalue weighted by Crippen LogP contribution is 2.23. The molecule has 2 aromatic rings. The first-order chi connectivity index (χ1) is 9.13. The molecule has 2 rings (SSSR count). The van der Waals surface area contributed by atoms with Crippen LogP contribution in [0.4, 0.5) is 27.7 Å². The molecule has 1 aromatic heterocycles. The van der Waals surface area contributed by atoms with E-state index in [9.17, 15) is 4.39 Å². The first kappa shape index (κ1) is 12.6. The average Bonchev–Trinajstić information content (AvgIpc) is 2.38. The van der Waals surface area contributed by atoms with Gasteiger partial charge < -0.3 is 16.4 Å². The summed E-state index contributed by atoms with van der Waals surface area (Å²) < 4.78 is 13.4. The Morgan fingerprint density at radius 1 is 1.32 bits per heavy atom. The number of nitrogens with two attached hydrogens (primary N) is 1. The van der Waals surface area contributed by atoms with Gasteiger partial charge in [-0.2, -0.15) is 15.2 Å². The fourth-order valence-corrected chi connectivity index (χ4v) is 1.54. The van der Waals surface area contributed by atoms with Gasteiger partial charge in [0.25, 0.3) is 0 Å². The summed E-state index contributed by atoms with van der Waals surface area (Å²) in [7, 11) is 1.69. The Morgan fingerprint density at radius 3 is 2.74 bits per heavy atom. The summed E-state index contributed by atoms with van der Waals surface area (Å²) in [5, 5.41) is 14.6. The van der Waals surface area contributed by atoms with Gasteiger partial charge in [0, 0.05) is 13.1 Å². The number of nitrogen functional groups attached to an aromatic ring is 1. The van der Waals surface area contributed by atoms with Crippen molar-refractivity contribution in [1.29, 1.82) is 5.26 Å². The molecule has 0 aliphatic rings. The van der Waals surface area contributed by atoms with Gasteiger partial charge in [-0.3, -0.25) is 0 Å². The minimum atomic E-state index is -0.594. The zero-order chi connectivity index (χ0) is 13.8. The molecule has 96 valence electrons. The summed E-state index contributed by atoms with van der Waals surface area (Å²) >= 11 is 0. The molecule has 7 heteroatoms. The first-order valence-electron chi connectivity index (χ1n) is 5.42. The number of aromatic nitrogens is 2. The number of nitrogens with one attached hydrogen (secondary N) is 2. The second-order valence-corrected chi connectivity index (χ2v) is 3.65. The molecule has 0 amide bonds. The van der Waals surface area contributed by atoms with Crippen LogP contribution in [0.2, 0.25) is 0 Å². The lowest BCUT2D eigenvalue weighted by atomic mass is 10.2. The van der Waals surface area contributed by atoms with Gasteiger partial charge in [0.15, 0.2) is 0 Å². The predicted molar refractivity (Wildman–Crippen MR) is 70.4 cm³/mol. The minimum absolute atomic E-state index is 0.0734. The molecule has 0 aliphatic carbocycles. The minimum Gasteiger partial charge on any atom is -0.373 e. The van der Waals surface area contributed by atoms with E-state index in [2.05, 4.69) is 20.6 Å². The second-order valence-electron chi connectivity index (χ2n) is 3.65. The van der Waals surface area contributed by atoms with E-state index in [0.29, 0.717) is 17.3 Å². The van der Waals surface area contributed by atoms with Crippen LogP contribution in [0.5, 0.6) is 0 Å². The van der Waals surface area contributed by atoms with Crippen LogP contribution in [-0.4, -0.2) is 17.0 Å². The lowest BCUT2D eigenvalue weighted by Gasteiger charge is -2.09. The number of benzene rings is 1. The molecule has 1 aromatic carbocycles. The highest BCUT2D eigenvalue weighted by molar-refractivity contribution is 5.66. The van der Waals surface area contributed by atoms with Crippen LogP contribution in [0, 0.1) is 17.1 Å². The molecule has 0 saturated heterocycles. The Bertz CT molecular complexity index is 649. The van der Waals surface area contributed by atoms with Crippen molar-refractivity contribution in [2.75, 3.05) is 23.4 Å². The van der Waals surface area contributed by atoms with Gasteiger partial charge in [-0.1, -0.05) is 6.07 Å². The monoisotopic (exact) mass is 258 g/mol. The number of nitrogens with zero attached hydrogens (tertiary/aromatic N) is 3. The van der Waals surface area contributed by atoms with Crippen LogP contribution < -0.4 is 16.4 Å². The Labute approximate surface area is 109 Å². The van der Waals surface area contributed by atoms with Crippen molar-refractivity contribution in [2.24, 2.45) is 0 Å². The summed E-state index contributed by atoms with van der Waals surface area (Å²) in [4.78, 5) is 7.90. The molecule has 1 heterocycles. The van der Waals surface area contributed by atoms with Crippen molar-refractivity contribution >= 4 is 23.3 Å². The highest BCUT2D eigenvalue weighted by atomic mass is 19.1. The third-order valence-electron chi connectivity index (χ3n) is 2.39. The van der Waals surface area contributed by atoms with Crippen LogP contribution in [-0.2, 0) is 0 Å². The molecule has 0 unspecified atom stereocenters. The molecule has 0 fully saturated rings. The third-order valence-corrected chi connectivity index (χ3v) is 2.39. The van der Waals surface area contributed by atoms with E-state index in [4.69, 9.17) is 11.0 Å². The SMILES string of the molecule is CNc1cc(Nc2cccc(F)c2C#N)nc(N)n1. The van der Waals surface area contributed by atoms with E-state index in [1.807, 2.05) is 0 Å². The molecule has 0 saturated carbocycles. The first-order valence-corrected chi connectivity index (χ1v) is 5.42. The molecule has 0 bridgehead atoms. The zero-order valence-electron chi connectivity index (χ0n) is 10.1. The second kappa shape index (κ2) is 5.18. The molecule has 0 atom stereocenters. The molecular formula is C12H11FN6. The summed E-state index contributed by atoms with van der Waals surface area (Å²) in [6, 6.07) is 7.70. The van der Waals surface area contributed by atoms with E-state index < -0.39 is 5.82 Å². The molecule has 6 nitrogen and oxygen atoms in total. The van der Waals surface area contributed by atoms with Gasteiger partial charge in [0.1, 0.15) is 29.1 Å². The van der Waals surface area contributed by atoms with Crippen molar-refractivity contribution in [1.82, 2.24) is 9.97 Å². The number of hydrogen-bond donors (Lipinski definition) is 3. The molecule has 0 aliphatic heterocycles. The lowest BCUT2D eigenvalue weighted by molar-refractivity contribution is 0.624. The quantitative estimate of drug-likeness (QED) is 0.777. The van der Waals surface area contributed by atoms with Crippen molar-refractivity contribution in [3.63, 3.8) is 0 Å². The van der Waals surface area contributed by atoms with Crippen molar-refractivity contribution in [3.05, 3.63) is 35.6 Å². The van der Waals surface area contributed by atoms with E-state index in [-0.39, 0.29) is 11.5 Å². The van der Waals surface area contributed by atoms with Gasteiger partial charge in [0.05, 0.1) is 5.69 Å². The van der Waals surface area contributed by atoms with Crippen LogP contribution >= 0.6 is 0 Å². The van der Waals surface area contributed by atoms with Crippen molar-refractivity contribution in [2.45, 2.75) is 0 Å². The van der Waals surface area contributed by atoms with Gasteiger partial charge in [-0.15, -0.1) is 0 Å². The Kier molecular flexibility index (Phi) is 3.43. The third kappa shape index (κ3) is 2.69. The van der Waals surface area contributed by atoms with Crippen LogP contribution in [0.1, 0.15) is 5.56 Å². The Hall–Kier alpha value is -2.88. The smallest absolute Gasteiger partial charge is 0.223 e. The summed E-state index contributed by atoms with van der Waals surface area (Å²) in [6.07, 6.45) is 0.